The van der Waals surface area contributed by atoms with Crippen LogP contribution in [0.25, 0.3) is 0 Å². The first-order chi connectivity index (χ1) is 7.29. The molecule has 4 nitrogen and oxygen atoms in total. The Labute approximate surface area is 85.3 Å². The van der Waals surface area contributed by atoms with Crippen molar-refractivity contribution >= 4 is 11.8 Å². The van der Waals surface area contributed by atoms with Crippen molar-refractivity contribution in [3.8, 4) is 5.75 Å². The van der Waals surface area contributed by atoms with E-state index in [2.05, 4.69) is 4.99 Å². The van der Waals surface area contributed by atoms with Gasteiger partial charge in [0.1, 0.15) is 6.10 Å². The summed E-state index contributed by atoms with van der Waals surface area (Å²) < 4.78 is 23.5. The van der Waals surface area contributed by atoms with Crippen LogP contribution in [-0.4, -0.2) is 25.4 Å². The first-order valence-electron chi connectivity index (χ1n) is 4.41. The molecule has 0 aliphatic carbocycles. The maximum Gasteiger partial charge on any atom is 0.240 e. The molecule has 0 N–H and O–H groups in total. The Morgan fingerprint density at radius 1 is 1.53 bits per heavy atom. The van der Waals surface area contributed by atoms with Crippen LogP contribution in [0.1, 0.15) is 0 Å². The predicted octanol–water partition coefficient (Wildman–Crippen LogP) is 1.57. The summed E-state index contributed by atoms with van der Waals surface area (Å²) in [5.74, 6) is -0.397. The largest absolute Gasteiger partial charge is 0.483 e. The Morgan fingerprint density at radius 3 is 2.87 bits per heavy atom. The van der Waals surface area contributed by atoms with Gasteiger partial charge in [-0.15, -0.1) is 0 Å². The number of hydrogen-bond acceptors (Lipinski definition) is 4. The summed E-state index contributed by atoms with van der Waals surface area (Å²) in [5, 5.41) is 0. The molecule has 1 aliphatic heterocycles. The molecule has 0 unspecified atom stereocenters. The lowest BCUT2D eigenvalue weighted by Crippen LogP contribution is -2.38. The summed E-state index contributed by atoms with van der Waals surface area (Å²) in [6, 6.07) is 4.05. The SMILES string of the molecule is O=C=Nc1ccc(OC2COC2)c(F)c1. The van der Waals surface area contributed by atoms with E-state index in [1.54, 1.807) is 0 Å². The van der Waals surface area contributed by atoms with Crippen molar-refractivity contribution in [2.75, 3.05) is 13.2 Å². The number of benzene rings is 1. The molecule has 1 saturated heterocycles. The Kier molecular flexibility index (Phi) is 2.76. The van der Waals surface area contributed by atoms with E-state index in [0.29, 0.717) is 13.2 Å². The van der Waals surface area contributed by atoms with Gasteiger partial charge in [-0.25, -0.2) is 9.18 Å². The lowest BCUT2D eigenvalue weighted by Gasteiger charge is -2.26. The van der Waals surface area contributed by atoms with E-state index in [9.17, 15) is 9.18 Å². The van der Waals surface area contributed by atoms with Crippen molar-refractivity contribution < 1.29 is 18.7 Å². The molecule has 0 saturated carbocycles. The van der Waals surface area contributed by atoms with Crippen LogP contribution in [0.5, 0.6) is 5.75 Å². The first kappa shape index (κ1) is 9.83. The number of rotatable bonds is 3. The van der Waals surface area contributed by atoms with Gasteiger partial charge in [-0.05, 0) is 12.1 Å². The van der Waals surface area contributed by atoms with E-state index in [1.165, 1.54) is 18.2 Å². The van der Waals surface area contributed by atoms with E-state index < -0.39 is 5.82 Å². The van der Waals surface area contributed by atoms with Crippen LogP contribution in [0.2, 0.25) is 0 Å². The van der Waals surface area contributed by atoms with Gasteiger partial charge in [0.05, 0.1) is 18.9 Å². The fourth-order valence-corrected chi connectivity index (χ4v) is 1.17. The van der Waals surface area contributed by atoms with Crippen molar-refractivity contribution in [1.82, 2.24) is 0 Å². The highest BCUT2D eigenvalue weighted by atomic mass is 19.1. The maximum atomic E-state index is 13.3. The number of carbonyl (C=O) groups excluding carboxylic acids is 1. The van der Waals surface area contributed by atoms with Gasteiger partial charge >= 0.3 is 0 Å². The normalized spacial score (nSPS) is 15.3. The van der Waals surface area contributed by atoms with Crippen molar-refractivity contribution in [2.45, 2.75) is 6.10 Å². The van der Waals surface area contributed by atoms with Gasteiger partial charge in [0.25, 0.3) is 0 Å². The highest BCUT2D eigenvalue weighted by Gasteiger charge is 2.21. The average molecular weight is 209 g/mol. The first-order valence-corrected chi connectivity index (χ1v) is 4.41. The Bertz CT molecular complexity index is 411. The second kappa shape index (κ2) is 4.21. The topological polar surface area (TPSA) is 47.9 Å². The monoisotopic (exact) mass is 209 g/mol. The van der Waals surface area contributed by atoms with E-state index in [0.717, 1.165) is 6.07 Å². The third-order valence-corrected chi connectivity index (χ3v) is 1.99. The van der Waals surface area contributed by atoms with E-state index in [4.69, 9.17) is 9.47 Å². The predicted molar refractivity (Wildman–Crippen MR) is 49.4 cm³/mol. The fourth-order valence-electron chi connectivity index (χ4n) is 1.17. The summed E-state index contributed by atoms with van der Waals surface area (Å²) in [7, 11) is 0. The van der Waals surface area contributed by atoms with Gasteiger partial charge in [0, 0.05) is 6.07 Å². The van der Waals surface area contributed by atoms with Crippen LogP contribution >= 0.6 is 0 Å². The number of aliphatic imine (C=N–C) groups is 1. The molecule has 15 heavy (non-hydrogen) atoms. The molecule has 78 valence electrons. The molecule has 5 heteroatoms. The second-order valence-corrected chi connectivity index (χ2v) is 3.10. The molecule has 0 aromatic heterocycles. The molecule has 0 amide bonds. The maximum absolute atomic E-state index is 13.3. The average Bonchev–Trinajstić information content (AvgIpc) is 2.14. The van der Waals surface area contributed by atoms with Crippen LogP contribution in [-0.2, 0) is 9.53 Å². The van der Waals surface area contributed by atoms with Crippen molar-refractivity contribution in [3.05, 3.63) is 24.0 Å². The highest BCUT2D eigenvalue weighted by Crippen LogP contribution is 2.24. The lowest BCUT2D eigenvalue weighted by atomic mass is 10.2. The summed E-state index contributed by atoms with van der Waals surface area (Å²) in [4.78, 5) is 13.2. The minimum atomic E-state index is -0.543. The van der Waals surface area contributed by atoms with Crippen LogP contribution < -0.4 is 4.74 Å². The third-order valence-electron chi connectivity index (χ3n) is 1.99. The Balaban J connectivity index is 2.14. The number of ether oxygens (including phenoxy) is 2. The van der Waals surface area contributed by atoms with Crippen LogP contribution in [0, 0.1) is 5.82 Å². The van der Waals surface area contributed by atoms with Crippen molar-refractivity contribution in [3.63, 3.8) is 0 Å². The minimum Gasteiger partial charge on any atom is -0.483 e. The fraction of sp³-hybridized carbons (Fsp3) is 0.300. The smallest absolute Gasteiger partial charge is 0.240 e. The van der Waals surface area contributed by atoms with Crippen molar-refractivity contribution in [2.24, 2.45) is 4.99 Å². The van der Waals surface area contributed by atoms with Crippen LogP contribution in [0.15, 0.2) is 23.2 Å². The molecule has 1 aromatic carbocycles. The molecule has 1 aromatic rings. The molecule has 1 heterocycles. The van der Waals surface area contributed by atoms with Crippen LogP contribution in [0.3, 0.4) is 0 Å². The minimum absolute atomic E-state index is 0.0834. The number of nitrogens with zero attached hydrogens (tertiary/aromatic N) is 1. The molecule has 2 rings (SSSR count). The van der Waals surface area contributed by atoms with E-state index in [1.807, 2.05) is 0 Å². The summed E-state index contributed by atoms with van der Waals surface area (Å²) >= 11 is 0. The highest BCUT2D eigenvalue weighted by molar-refractivity contribution is 5.50. The van der Waals surface area contributed by atoms with Gasteiger partial charge in [0.2, 0.25) is 6.08 Å². The quantitative estimate of drug-likeness (QED) is 0.560. The Hall–Kier alpha value is -1.71. The summed E-state index contributed by atoms with van der Waals surface area (Å²) in [5.41, 5.74) is 0.222. The van der Waals surface area contributed by atoms with Gasteiger partial charge in [0.15, 0.2) is 11.6 Å². The van der Waals surface area contributed by atoms with Gasteiger partial charge in [-0.2, -0.15) is 4.99 Å². The van der Waals surface area contributed by atoms with Gasteiger partial charge in [-0.3, -0.25) is 0 Å². The zero-order valence-corrected chi connectivity index (χ0v) is 7.77. The number of hydrogen-bond donors (Lipinski definition) is 0. The molecule has 0 bridgehead atoms. The lowest BCUT2D eigenvalue weighted by molar-refractivity contribution is -0.0808. The third kappa shape index (κ3) is 2.21. The zero-order valence-electron chi connectivity index (χ0n) is 7.77. The summed E-state index contributed by atoms with van der Waals surface area (Å²) in [6.45, 7) is 0.960. The molecule has 0 radical (unpaired) electrons. The van der Waals surface area contributed by atoms with Crippen molar-refractivity contribution in [1.29, 1.82) is 0 Å². The molecule has 0 atom stereocenters. The molecular formula is C10H8FNO3. The van der Waals surface area contributed by atoms with Crippen LogP contribution in [0.4, 0.5) is 10.1 Å². The van der Waals surface area contributed by atoms with E-state index >= 15 is 0 Å². The van der Waals surface area contributed by atoms with E-state index in [-0.39, 0.29) is 17.5 Å². The Morgan fingerprint density at radius 2 is 2.33 bits per heavy atom. The summed E-state index contributed by atoms with van der Waals surface area (Å²) in [6.07, 6.45) is 1.26. The second-order valence-electron chi connectivity index (χ2n) is 3.10. The molecule has 1 fully saturated rings. The standard InChI is InChI=1S/C10H8FNO3/c11-9-3-7(12-6-13)1-2-10(9)15-8-4-14-5-8/h1-3,8H,4-5H2. The number of isocyanates is 1. The molecule has 1 aliphatic rings. The molecule has 0 spiro atoms. The van der Waals surface area contributed by atoms with Gasteiger partial charge in [-0.1, -0.05) is 0 Å². The van der Waals surface area contributed by atoms with Gasteiger partial charge < -0.3 is 9.47 Å². The number of halogens is 1. The zero-order chi connectivity index (χ0) is 10.7. The molecular weight excluding hydrogens is 201 g/mol.